The Labute approximate surface area is 185 Å². The van der Waals surface area contributed by atoms with Crippen molar-refractivity contribution in [2.24, 2.45) is 0 Å². The van der Waals surface area contributed by atoms with Gasteiger partial charge in [0, 0.05) is 17.6 Å². The van der Waals surface area contributed by atoms with Gasteiger partial charge in [0.25, 0.3) is 5.91 Å². The first-order valence-corrected chi connectivity index (χ1v) is 10.2. The molecule has 0 aliphatic carbocycles. The summed E-state index contributed by atoms with van der Waals surface area (Å²) < 4.78 is 5.81. The summed E-state index contributed by atoms with van der Waals surface area (Å²) >= 11 is 0. The van der Waals surface area contributed by atoms with Gasteiger partial charge in [-0.1, -0.05) is 48.5 Å². The van der Waals surface area contributed by atoms with Crippen LogP contribution in [0.4, 0.5) is 16.3 Å². The van der Waals surface area contributed by atoms with E-state index < -0.39 is 6.10 Å². The SMILES string of the molecule is CC(Oc1ccc2[nH]nc(NC(=O)NCc3ccccc3)c2c1)C(=O)Nc1ccccc1. The predicted octanol–water partition coefficient (Wildman–Crippen LogP) is 4.29. The van der Waals surface area contributed by atoms with Crippen LogP contribution in [0.1, 0.15) is 12.5 Å². The van der Waals surface area contributed by atoms with Crippen molar-refractivity contribution in [2.75, 3.05) is 10.6 Å². The molecule has 162 valence electrons. The second-order valence-electron chi connectivity index (χ2n) is 7.19. The van der Waals surface area contributed by atoms with Crippen molar-refractivity contribution in [3.8, 4) is 5.75 Å². The van der Waals surface area contributed by atoms with Crippen LogP contribution in [0.3, 0.4) is 0 Å². The van der Waals surface area contributed by atoms with Crippen molar-refractivity contribution in [1.29, 1.82) is 0 Å². The van der Waals surface area contributed by atoms with Crippen molar-refractivity contribution in [1.82, 2.24) is 15.5 Å². The lowest BCUT2D eigenvalue weighted by molar-refractivity contribution is -0.122. The van der Waals surface area contributed by atoms with Gasteiger partial charge in [-0.25, -0.2) is 4.79 Å². The van der Waals surface area contributed by atoms with E-state index in [0.29, 0.717) is 29.2 Å². The van der Waals surface area contributed by atoms with Crippen LogP contribution in [0.15, 0.2) is 78.9 Å². The number of nitrogens with one attached hydrogen (secondary N) is 4. The van der Waals surface area contributed by atoms with E-state index in [-0.39, 0.29) is 11.9 Å². The summed E-state index contributed by atoms with van der Waals surface area (Å²) in [6.45, 7) is 2.07. The molecule has 1 aromatic heterocycles. The summed E-state index contributed by atoms with van der Waals surface area (Å²) in [4.78, 5) is 24.7. The molecule has 1 unspecified atom stereocenters. The summed E-state index contributed by atoms with van der Waals surface area (Å²) in [6.07, 6.45) is -0.717. The van der Waals surface area contributed by atoms with E-state index in [0.717, 1.165) is 11.1 Å². The number of hydrogen-bond acceptors (Lipinski definition) is 4. The van der Waals surface area contributed by atoms with E-state index in [4.69, 9.17) is 4.74 Å². The van der Waals surface area contributed by atoms with Crippen molar-refractivity contribution < 1.29 is 14.3 Å². The summed E-state index contributed by atoms with van der Waals surface area (Å²) in [5.41, 5.74) is 2.43. The molecule has 3 amide bonds. The Bertz CT molecular complexity index is 1210. The minimum atomic E-state index is -0.717. The molecule has 1 heterocycles. The third-order valence-electron chi connectivity index (χ3n) is 4.79. The number of rotatable bonds is 7. The molecule has 0 fully saturated rings. The third kappa shape index (κ3) is 5.23. The molecule has 4 aromatic rings. The number of benzene rings is 3. The second-order valence-corrected chi connectivity index (χ2v) is 7.19. The zero-order valence-corrected chi connectivity index (χ0v) is 17.5. The van der Waals surface area contributed by atoms with Crippen molar-refractivity contribution in [2.45, 2.75) is 19.6 Å². The number of aromatic amines is 1. The quantitative estimate of drug-likeness (QED) is 0.351. The van der Waals surface area contributed by atoms with Crippen LogP contribution in [0.25, 0.3) is 10.9 Å². The lowest BCUT2D eigenvalue weighted by atomic mass is 10.2. The minimum absolute atomic E-state index is 0.262. The number of carbonyl (C=O) groups is 2. The third-order valence-corrected chi connectivity index (χ3v) is 4.79. The van der Waals surface area contributed by atoms with E-state index >= 15 is 0 Å². The molecule has 8 heteroatoms. The van der Waals surface area contributed by atoms with E-state index in [9.17, 15) is 9.59 Å². The van der Waals surface area contributed by atoms with Gasteiger partial charge in [0.1, 0.15) is 5.75 Å². The number of anilines is 2. The molecule has 4 N–H and O–H groups in total. The molecule has 4 rings (SSSR count). The molecular formula is C24H23N5O3. The maximum absolute atomic E-state index is 12.4. The minimum Gasteiger partial charge on any atom is -0.481 e. The van der Waals surface area contributed by atoms with Crippen molar-refractivity contribution in [3.05, 3.63) is 84.4 Å². The highest BCUT2D eigenvalue weighted by Crippen LogP contribution is 2.26. The monoisotopic (exact) mass is 429 g/mol. The maximum atomic E-state index is 12.4. The standard InChI is InChI=1S/C24H23N5O3/c1-16(23(30)26-18-10-6-3-7-11-18)32-19-12-13-21-20(14-19)22(29-28-21)27-24(31)25-15-17-8-4-2-5-9-17/h2-14,16H,15H2,1H3,(H,26,30)(H3,25,27,28,29,31). The number of H-pyrrole nitrogens is 1. The Hall–Kier alpha value is -4.33. The fourth-order valence-corrected chi connectivity index (χ4v) is 3.11. The molecule has 0 radical (unpaired) electrons. The van der Waals surface area contributed by atoms with Crippen LogP contribution < -0.4 is 20.7 Å². The Balaban J connectivity index is 1.39. The second kappa shape index (κ2) is 9.65. The van der Waals surface area contributed by atoms with Crippen LogP contribution in [-0.4, -0.2) is 28.2 Å². The first-order valence-electron chi connectivity index (χ1n) is 10.2. The number of hydrogen-bond donors (Lipinski definition) is 4. The van der Waals surface area contributed by atoms with Crippen molar-refractivity contribution in [3.63, 3.8) is 0 Å². The van der Waals surface area contributed by atoms with E-state index in [1.165, 1.54) is 0 Å². The summed E-state index contributed by atoms with van der Waals surface area (Å²) in [5, 5.41) is 16.1. The molecule has 0 bridgehead atoms. The summed E-state index contributed by atoms with van der Waals surface area (Å²) in [5.74, 6) is 0.599. The molecular weight excluding hydrogens is 406 g/mol. The van der Waals surface area contributed by atoms with E-state index in [1.807, 2.05) is 60.7 Å². The highest BCUT2D eigenvalue weighted by Gasteiger charge is 2.16. The van der Waals surface area contributed by atoms with E-state index in [2.05, 4.69) is 26.1 Å². The fourth-order valence-electron chi connectivity index (χ4n) is 3.11. The number of ether oxygens (including phenoxy) is 1. The smallest absolute Gasteiger partial charge is 0.320 e. The number of urea groups is 1. The number of carbonyl (C=O) groups excluding carboxylic acids is 2. The lowest BCUT2D eigenvalue weighted by Crippen LogP contribution is -2.30. The highest BCUT2D eigenvalue weighted by molar-refractivity contribution is 5.99. The average molecular weight is 429 g/mol. The van der Waals surface area contributed by atoms with E-state index in [1.54, 1.807) is 25.1 Å². The fraction of sp³-hybridized carbons (Fsp3) is 0.125. The number of nitrogens with zero attached hydrogens (tertiary/aromatic N) is 1. The Morgan fingerprint density at radius 2 is 1.69 bits per heavy atom. The summed E-state index contributed by atoms with van der Waals surface area (Å²) in [6, 6.07) is 23.7. The van der Waals surface area contributed by atoms with Gasteiger partial charge in [-0.15, -0.1) is 0 Å². The lowest BCUT2D eigenvalue weighted by Gasteiger charge is -2.15. The van der Waals surface area contributed by atoms with Gasteiger partial charge in [0.05, 0.1) is 5.52 Å². The van der Waals surface area contributed by atoms with Crippen LogP contribution in [0, 0.1) is 0 Å². The Morgan fingerprint density at radius 1 is 0.969 bits per heavy atom. The van der Waals surface area contributed by atoms with Gasteiger partial charge >= 0.3 is 6.03 Å². The first kappa shape index (κ1) is 20.9. The molecule has 0 spiro atoms. The predicted molar refractivity (Wildman–Crippen MR) is 124 cm³/mol. The highest BCUT2D eigenvalue weighted by atomic mass is 16.5. The van der Waals surface area contributed by atoms with Gasteiger partial charge in [-0.3, -0.25) is 15.2 Å². The molecule has 0 saturated carbocycles. The first-order chi connectivity index (χ1) is 15.6. The van der Waals surface area contributed by atoms with Gasteiger partial charge in [0.2, 0.25) is 0 Å². The van der Waals surface area contributed by atoms with Gasteiger partial charge in [-0.2, -0.15) is 5.10 Å². The number of amides is 3. The van der Waals surface area contributed by atoms with Gasteiger partial charge in [-0.05, 0) is 42.8 Å². The van der Waals surface area contributed by atoms with Crippen LogP contribution in [0.5, 0.6) is 5.75 Å². The molecule has 0 saturated heterocycles. The summed E-state index contributed by atoms with van der Waals surface area (Å²) in [7, 11) is 0. The average Bonchev–Trinajstić information content (AvgIpc) is 3.21. The zero-order chi connectivity index (χ0) is 22.3. The van der Waals surface area contributed by atoms with Crippen LogP contribution >= 0.6 is 0 Å². The number of aromatic nitrogens is 2. The number of fused-ring (bicyclic) bond motifs is 1. The van der Waals surface area contributed by atoms with Gasteiger partial charge in [0.15, 0.2) is 11.9 Å². The molecule has 8 nitrogen and oxygen atoms in total. The molecule has 0 aliphatic rings. The largest absolute Gasteiger partial charge is 0.481 e. The molecule has 0 aliphatic heterocycles. The topological polar surface area (TPSA) is 108 Å². The van der Waals surface area contributed by atoms with Crippen molar-refractivity contribution >= 4 is 34.3 Å². The number of para-hydroxylation sites is 1. The van der Waals surface area contributed by atoms with Crippen LogP contribution in [-0.2, 0) is 11.3 Å². The van der Waals surface area contributed by atoms with Gasteiger partial charge < -0.3 is 15.4 Å². The maximum Gasteiger partial charge on any atom is 0.320 e. The Kier molecular flexibility index (Phi) is 6.31. The Morgan fingerprint density at radius 3 is 2.44 bits per heavy atom. The zero-order valence-electron chi connectivity index (χ0n) is 17.5. The normalized spacial score (nSPS) is 11.5. The van der Waals surface area contributed by atoms with Crippen LogP contribution in [0.2, 0.25) is 0 Å². The molecule has 3 aromatic carbocycles. The molecule has 32 heavy (non-hydrogen) atoms. The molecule has 1 atom stereocenters.